The summed E-state index contributed by atoms with van der Waals surface area (Å²) >= 11 is 0. The molecule has 2 aliphatic heterocycles. The summed E-state index contributed by atoms with van der Waals surface area (Å²) in [6.07, 6.45) is 0.667. The van der Waals surface area contributed by atoms with Crippen LogP contribution in [0.5, 0.6) is 0 Å². The van der Waals surface area contributed by atoms with Gasteiger partial charge in [0.25, 0.3) is 0 Å². The predicted octanol–water partition coefficient (Wildman–Crippen LogP) is 0.257. The van der Waals surface area contributed by atoms with Crippen molar-refractivity contribution in [2.45, 2.75) is 58.7 Å². The molecule has 0 aromatic carbocycles. The highest BCUT2D eigenvalue weighted by molar-refractivity contribution is 7.91. The second-order valence-corrected chi connectivity index (χ2v) is 9.95. The minimum Gasteiger partial charge on any atom is -0.355 e. The van der Waals surface area contributed by atoms with E-state index >= 15 is 0 Å². The normalized spacial score (nSPS) is 26.2. The van der Waals surface area contributed by atoms with Crippen LogP contribution in [0.4, 0.5) is 0 Å². The van der Waals surface area contributed by atoms with E-state index in [9.17, 15) is 18.0 Å². The average Bonchev–Trinajstić information content (AvgIpc) is 3.05. The number of sulfone groups is 1. The van der Waals surface area contributed by atoms with Gasteiger partial charge in [-0.1, -0.05) is 0 Å². The highest BCUT2D eigenvalue weighted by Gasteiger charge is 2.41. The van der Waals surface area contributed by atoms with Gasteiger partial charge in [-0.25, -0.2) is 8.42 Å². The number of nitrogens with one attached hydrogen (secondary N) is 1. The summed E-state index contributed by atoms with van der Waals surface area (Å²) < 4.78 is 23.2. The molecular weight excluding hydrogens is 342 g/mol. The summed E-state index contributed by atoms with van der Waals surface area (Å²) in [5, 5.41) is 2.94. The molecule has 2 saturated heterocycles. The SMILES string of the molecule is CC(C)N(CCNC(=O)[C@@H]1CC(=O)N([C@@H]2CCS(=O)(=O)C2)C1)C(C)C. The molecule has 0 unspecified atom stereocenters. The summed E-state index contributed by atoms with van der Waals surface area (Å²) in [7, 11) is -3.03. The van der Waals surface area contributed by atoms with Gasteiger partial charge in [0, 0.05) is 44.2 Å². The smallest absolute Gasteiger partial charge is 0.225 e. The van der Waals surface area contributed by atoms with Gasteiger partial charge in [0.05, 0.1) is 17.4 Å². The lowest BCUT2D eigenvalue weighted by Crippen LogP contribution is -2.44. The Balaban J connectivity index is 1.82. The van der Waals surface area contributed by atoms with E-state index in [1.165, 1.54) is 0 Å². The molecule has 1 N–H and O–H groups in total. The van der Waals surface area contributed by atoms with E-state index in [0.717, 1.165) is 6.54 Å². The van der Waals surface area contributed by atoms with Crippen LogP contribution in [0.25, 0.3) is 0 Å². The number of carbonyl (C=O) groups is 2. The van der Waals surface area contributed by atoms with Gasteiger partial charge in [0.1, 0.15) is 0 Å². The van der Waals surface area contributed by atoms with Crippen LogP contribution in [0.1, 0.15) is 40.5 Å². The summed E-state index contributed by atoms with van der Waals surface area (Å²) in [5.41, 5.74) is 0. The molecule has 8 heteroatoms. The van der Waals surface area contributed by atoms with Gasteiger partial charge in [0.15, 0.2) is 9.84 Å². The Hall–Kier alpha value is -1.15. The highest BCUT2D eigenvalue weighted by atomic mass is 32.2. The zero-order valence-electron chi connectivity index (χ0n) is 15.7. The Morgan fingerprint density at radius 3 is 2.44 bits per heavy atom. The van der Waals surface area contributed by atoms with Crippen molar-refractivity contribution in [1.82, 2.24) is 15.1 Å². The van der Waals surface area contributed by atoms with Crippen LogP contribution < -0.4 is 5.32 Å². The van der Waals surface area contributed by atoms with Crippen molar-refractivity contribution in [3.8, 4) is 0 Å². The number of rotatable bonds is 7. The molecule has 2 atom stereocenters. The monoisotopic (exact) mass is 373 g/mol. The van der Waals surface area contributed by atoms with Crippen LogP contribution in [0, 0.1) is 5.92 Å². The van der Waals surface area contributed by atoms with Crippen LogP contribution in [-0.2, 0) is 19.4 Å². The molecule has 0 radical (unpaired) electrons. The topological polar surface area (TPSA) is 86.8 Å². The third-order valence-corrected chi connectivity index (χ3v) is 6.92. The first kappa shape index (κ1) is 20.2. The highest BCUT2D eigenvalue weighted by Crippen LogP contribution is 2.26. The van der Waals surface area contributed by atoms with Crippen molar-refractivity contribution < 1.29 is 18.0 Å². The van der Waals surface area contributed by atoms with Gasteiger partial charge < -0.3 is 10.2 Å². The fourth-order valence-electron chi connectivity index (χ4n) is 3.85. The van der Waals surface area contributed by atoms with Crippen LogP contribution in [0.15, 0.2) is 0 Å². The second-order valence-electron chi connectivity index (χ2n) is 7.72. The number of amides is 2. The van der Waals surface area contributed by atoms with Crippen molar-refractivity contribution in [2.75, 3.05) is 31.1 Å². The van der Waals surface area contributed by atoms with Crippen LogP contribution in [0.3, 0.4) is 0 Å². The third-order valence-electron chi connectivity index (χ3n) is 5.17. The quantitative estimate of drug-likeness (QED) is 0.692. The van der Waals surface area contributed by atoms with Gasteiger partial charge in [-0.3, -0.25) is 14.5 Å². The standard InChI is InChI=1S/C17H31N3O4S/c1-12(2)19(13(3)4)7-6-18-17(22)14-9-16(21)20(10-14)15-5-8-25(23,24)11-15/h12-15H,5-11H2,1-4H3,(H,18,22)/t14-,15-/m1/s1. The number of nitrogens with zero attached hydrogens (tertiary/aromatic N) is 2. The fraction of sp³-hybridized carbons (Fsp3) is 0.882. The largest absolute Gasteiger partial charge is 0.355 e. The van der Waals surface area contributed by atoms with E-state index < -0.39 is 9.84 Å². The Kier molecular flexibility index (Phi) is 6.48. The lowest BCUT2D eigenvalue weighted by Gasteiger charge is -2.30. The van der Waals surface area contributed by atoms with Gasteiger partial charge in [-0.2, -0.15) is 0 Å². The molecule has 2 fully saturated rings. The van der Waals surface area contributed by atoms with Crippen LogP contribution in [0.2, 0.25) is 0 Å². The number of carbonyl (C=O) groups excluding carboxylic acids is 2. The van der Waals surface area contributed by atoms with Crippen molar-refractivity contribution in [3.63, 3.8) is 0 Å². The summed E-state index contributed by atoms with van der Waals surface area (Å²) in [6, 6.07) is 0.558. The summed E-state index contributed by atoms with van der Waals surface area (Å²) in [4.78, 5) is 28.5. The average molecular weight is 374 g/mol. The molecule has 0 aromatic heterocycles. The Morgan fingerprint density at radius 1 is 1.28 bits per heavy atom. The van der Waals surface area contributed by atoms with Crippen molar-refractivity contribution >= 4 is 21.7 Å². The van der Waals surface area contributed by atoms with E-state index in [2.05, 4.69) is 37.9 Å². The summed E-state index contributed by atoms with van der Waals surface area (Å²) in [6.45, 7) is 10.2. The zero-order valence-corrected chi connectivity index (χ0v) is 16.5. The Labute approximate surface area is 151 Å². The molecule has 0 spiro atoms. The van der Waals surface area contributed by atoms with Crippen molar-refractivity contribution in [1.29, 1.82) is 0 Å². The third kappa shape index (κ3) is 5.17. The molecule has 2 amide bonds. The van der Waals surface area contributed by atoms with Crippen LogP contribution in [-0.4, -0.2) is 79.3 Å². The molecule has 0 bridgehead atoms. The maximum Gasteiger partial charge on any atom is 0.225 e. The van der Waals surface area contributed by atoms with Gasteiger partial charge in [-0.05, 0) is 34.1 Å². The predicted molar refractivity (Wildman–Crippen MR) is 96.9 cm³/mol. The van der Waals surface area contributed by atoms with Crippen molar-refractivity contribution in [3.05, 3.63) is 0 Å². The maximum atomic E-state index is 12.4. The first-order chi connectivity index (χ1) is 11.6. The molecule has 2 heterocycles. The number of likely N-dealkylation sites (tertiary alicyclic amines) is 1. The molecule has 2 rings (SSSR count). The molecule has 2 aliphatic rings. The summed E-state index contributed by atoms with van der Waals surface area (Å²) in [5.74, 6) is -0.414. The van der Waals surface area contributed by atoms with Gasteiger partial charge in [0.2, 0.25) is 11.8 Å². The molecular formula is C17H31N3O4S. The number of hydrogen-bond donors (Lipinski definition) is 1. The lowest BCUT2D eigenvalue weighted by atomic mass is 10.1. The van der Waals surface area contributed by atoms with E-state index in [-0.39, 0.29) is 41.7 Å². The minimum absolute atomic E-state index is 0.0326. The molecule has 0 saturated carbocycles. The minimum atomic E-state index is -3.03. The van der Waals surface area contributed by atoms with Crippen LogP contribution >= 0.6 is 0 Å². The lowest BCUT2D eigenvalue weighted by molar-refractivity contribution is -0.130. The molecule has 0 aliphatic carbocycles. The van der Waals surface area contributed by atoms with E-state index in [1.54, 1.807) is 4.90 Å². The van der Waals surface area contributed by atoms with E-state index in [0.29, 0.717) is 31.6 Å². The zero-order chi connectivity index (χ0) is 18.8. The Bertz CT molecular complexity index is 595. The first-order valence-electron chi connectivity index (χ1n) is 9.14. The number of hydrogen-bond acceptors (Lipinski definition) is 5. The van der Waals surface area contributed by atoms with E-state index in [1.807, 2.05) is 0 Å². The van der Waals surface area contributed by atoms with Gasteiger partial charge >= 0.3 is 0 Å². The first-order valence-corrected chi connectivity index (χ1v) is 11.0. The molecule has 7 nitrogen and oxygen atoms in total. The molecule has 144 valence electrons. The second kappa shape index (κ2) is 8.03. The van der Waals surface area contributed by atoms with E-state index in [4.69, 9.17) is 0 Å². The fourth-order valence-corrected chi connectivity index (χ4v) is 5.58. The van der Waals surface area contributed by atoms with Crippen molar-refractivity contribution in [2.24, 2.45) is 5.92 Å². The van der Waals surface area contributed by atoms with Gasteiger partial charge in [-0.15, -0.1) is 0 Å². The maximum absolute atomic E-state index is 12.4. The molecule has 0 aromatic rings. The Morgan fingerprint density at radius 2 is 1.92 bits per heavy atom. The molecule has 25 heavy (non-hydrogen) atoms.